The molecule has 0 atom stereocenters. The molecule has 1 aliphatic rings. The Bertz CT molecular complexity index is 2450. The molecule has 0 amide bonds. The van der Waals surface area contributed by atoms with Gasteiger partial charge >= 0.3 is 0 Å². The molecule has 0 bridgehead atoms. The van der Waals surface area contributed by atoms with E-state index in [1.807, 2.05) is 17.4 Å². The number of aromatic nitrogens is 2. The summed E-state index contributed by atoms with van der Waals surface area (Å²) in [5.41, 5.74) is 12.5. The molecule has 46 heavy (non-hydrogen) atoms. The van der Waals surface area contributed by atoms with Gasteiger partial charge in [0.15, 0.2) is 5.82 Å². The molecule has 0 radical (unpaired) electrons. The molecule has 0 aliphatic heterocycles. The highest BCUT2D eigenvalue weighted by Crippen LogP contribution is 2.51. The molecule has 9 rings (SSSR count). The fourth-order valence-corrected chi connectivity index (χ4v) is 8.47. The smallest absolute Gasteiger partial charge is 0.160 e. The molecular formula is C43H30N2S. The maximum Gasteiger partial charge on any atom is 0.160 e. The van der Waals surface area contributed by atoms with Gasteiger partial charge in [0.2, 0.25) is 0 Å². The van der Waals surface area contributed by atoms with Crippen LogP contribution in [0.25, 0.3) is 76.3 Å². The summed E-state index contributed by atoms with van der Waals surface area (Å²) in [5, 5.41) is 2.64. The predicted molar refractivity (Wildman–Crippen MR) is 194 cm³/mol. The molecule has 8 aromatic rings. The van der Waals surface area contributed by atoms with E-state index >= 15 is 0 Å². The molecular weight excluding hydrogens is 577 g/mol. The van der Waals surface area contributed by atoms with E-state index in [9.17, 15) is 0 Å². The van der Waals surface area contributed by atoms with Crippen molar-refractivity contribution in [2.24, 2.45) is 0 Å². The minimum absolute atomic E-state index is 0.227. The van der Waals surface area contributed by atoms with Crippen molar-refractivity contribution in [2.45, 2.75) is 19.3 Å². The number of hydrogen-bond acceptors (Lipinski definition) is 3. The Kier molecular flexibility index (Phi) is 6.06. The molecule has 0 unspecified atom stereocenters. The monoisotopic (exact) mass is 606 g/mol. The summed E-state index contributed by atoms with van der Waals surface area (Å²) in [6, 6.07) is 52.2. The van der Waals surface area contributed by atoms with E-state index in [1.165, 1.54) is 59.1 Å². The van der Waals surface area contributed by atoms with Gasteiger partial charge in [-0.3, -0.25) is 0 Å². The second-order valence-electron chi connectivity index (χ2n) is 12.6. The van der Waals surface area contributed by atoms with Crippen molar-refractivity contribution in [2.75, 3.05) is 0 Å². The zero-order chi connectivity index (χ0) is 30.8. The third-order valence-corrected chi connectivity index (χ3v) is 10.7. The standard InChI is InChI=1S/C43H30N2S/c1-43(2)36-23-8-6-20-35(36)40-38(43)39(44-42(45-40)27-13-4-3-5-14-27)31-18-11-16-29(26-31)28-15-10-17-30(25-28)32-21-12-22-34-33-19-7-9-24-37(33)46-41(32)34/h3-26H,1-2H3. The largest absolute Gasteiger partial charge is 0.228 e. The van der Waals surface area contributed by atoms with Gasteiger partial charge in [-0.25, -0.2) is 9.97 Å². The second-order valence-corrected chi connectivity index (χ2v) is 13.7. The number of rotatable bonds is 4. The van der Waals surface area contributed by atoms with Gasteiger partial charge < -0.3 is 0 Å². The Morgan fingerprint density at radius 3 is 1.91 bits per heavy atom. The van der Waals surface area contributed by atoms with Crippen LogP contribution >= 0.6 is 11.3 Å². The Labute approximate surface area is 272 Å². The van der Waals surface area contributed by atoms with Crippen molar-refractivity contribution < 1.29 is 0 Å². The number of thiophene rings is 1. The van der Waals surface area contributed by atoms with Crippen LogP contribution in [0.1, 0.15) is 25.0 Å². The minimum Gasteiger partial charge on any atom is -0.228 e. The fourth-order valence-electron chi connectivity index (χ4n) is 7.23. The van der Waals surface area contributed by atoms with Crippen molar-refractivity contribution >= 4 is 31.5 Å². The Morgan fingerprint density at radius 1 is 0.478 bits per heavy atom. The number of fused-ring (bicyclic) bond motifs is 6. The van der Waals surface area contributed by atoms with Crippen LogP contribution in [0, 0.1) is 0 Å². The van der Waals surface area contributed by atoms with Gasteiger partial charge in [-0.1, -0.05) is 141 Å². The highest BCUT2D eigenvalue weighted by atomic mass is 32.1. The van der Waals surface area contributed by atoms with Gasteiger partial charge in [0, 0.05) is 47.8 Å². The molecule has 1 aliphatic carbocycles. The Hall–Kier alpha value is -5.38. The predicted octanol–water partition coefficient (Wildman–Crippen LogP) is 11.8. The van der Waals surface area contributed by atoms with Crippen LogP contribution in [0.3, 0.4) is 0 Å². The lowest BCUT2D eigenvalue weighted by atomic mass is 9.80. The molecule has 0 N–H and O–H groups in total. The van der Waals surface area contributed by atoms with E-state index < -0.39 is 0 Å². The van der Waals surface area contributed by atoms with Gasteiger partial charge in [-0.15, -0.1) is 11.3 Å². The maximum absolute atomic E-state index is 5.31. The molecule has 0 fully saturated rings. The van der Waals surface area contributed by atoms with Gasteiger partial charge in [0.25, 0.3) is 0 Å². The summed E-state index contributed by atoms with van der Waals surface area (Å²) in [4.78, 5) is 10.5. The first kappa shape index (κ1) is 27.0. The Balaban J connectivity index is 1.20. The summed E-state index contributed by atoms with van der Waals surface area (Å²) >= 11 is 1.88. The van der Waals surface area contributed by atoms with Crippen molar-refractivity contribution in [3.63, 3.8) is 0 Å². The molecule has 0 saturated heterocycles. The van der Waals surface area contributed by atoms with Gasteiger partial charge in [0.1, 0.15) is 0 Å². The molecule has 2 nitrogen and oxygen atoms in total. The number of benzene rings is 6. The van der Waals surface area contributed by atoms with Crippen LogP contribution in [0.15, 0.2) is 146 Å². The molecule has 0 spiro atoms. The molecule has 2 aromatic heterocycles. The molecule has 218 valence electrons. The first-order valence-corrected chi connectivity index (χ1v) is 16.6. The fraction of sp³-hybridized carbons (Fsp3) is 0.0698. The van der Waals surface area contributed by atoms with Crippen molar-refractivity contribution in [1.82, 2.24) is 9.97 Å². The summed E-state index contributed by atoms with van der Waals surface area (Å²) in [6.45, 7) is 4.60. The zero-order valence-electron chi connectivity index (χ0n) is 25.7. The first-order valence-electron chi connectivity index (χ1n) is 15.8. The summed E-state index contributed by atoms with van der Waals surface area (Å²) in [6.07, 6.45) is 0. The highest BCUT2D eigenvalue weighted by Gasteiger charge is 2.40. The average Bonchev–Trinajstić information content (AvgIpc) is 3.61. The van der Waals surface area contributed by atoms with Crippen LogP contribution in [0.4, 0.5) is 0 Å². The van der Waals surface area contributed by atoms with Crippen LogP contribution < -0.4 is 0 Å². The average molecular weight is 607 g/mol. The lowest BCUT2D eigenvalue weighted by Crippen LogP contribution is -2.17. The molecule has 0 saturated carbocycles. The molecule has 3 heteroatoms. The minimum atomic E-state index is -0.227. The Morgan fingerprint density at radius 2 is 1.07 bits per heavy atom. The van der Waals surface area contributed by atoms with Crippen LogP contribution in [0.5, 0.6) is 0 Å². The quantitative estimate of drug-likeness (QED) is 0.199. The highest BCUT2D eigenvalue weighted by molar-refractivity contribution is 7.26. The second kappa shape index (κ2) is 10.3. The SMILES string of the molecule is CC1(C)c2ccccc2-c2nc(-c3ccccc3)nc(-c3cccc(-c4cccc(-c5cccc6c5sc5ccccc56)c4)c3)c21. The van der Waals surface area contributed by atoms with Crippen LogP contribution in [-0.4, -0.2) is 9.97 Å². The molecule has 6 aromatic carbocycles. The molecule has 2 heterocycles. The third kappa shape index (κ3) is 4.16. The third-order valence-electron chi connectivity index (χ3n) is 9.47. The zero-order valence-corrected chi connectivity index (χ0v) is 26.5. The number of hydrogen-bond donors (Lipinski definition) is 0. The summed E-state index contributed by atoms with van der Waals surface area (Å²) in [7, 11) is 0. The van der Waals surface area contributed by atoms with E-state index in [2.05, 4.69) is 153 Å². The van der Waals surface area contributed by atoms with E-state index in [1.54, 1.807) is 0 Å². The van der Waals surface area contributed by atoms with E-state index in [0.717, 1.165) is 28.3 Å². The maximum atomic E-state index is 5.31. The first-order chi connectivity index (χ1) is 22.6. The van der Waals surface area contributed by atoms with Crippen molar-refractivity contribution in [3.8, 4) is 56.2 Å². The van der Waals surface area contributed by atoms with Gasteiger partial charge in [0.05, 0.1) is 11.4 Å². The van der Waals surface area contributed by atoms with E-state index in [-0.39, 0.29) is 5.41 Å². The van der Waals surface area contributed by atoms with Crippen molar-refractivity contribution in [3.05, 3.63) is 157 Å². The number of nitrogens with zero attached hydrogens (tertiary/aromatic N) is 2. The summed E-state index contributed by atoms with van der Waals surface area (Å²) in [5.74, 6) is 0.755. The van der Waals surface area contributed by atoms with Crippen LogP contribution in [0.2, 0.25) is 0 Å². The summed E-state index contributed by atoms with van der Waals surface area (Å²) < 4.78 is 2.66. The normalized spacial score (nSPS) is 13.2. The van der Waals surface area contributed by atoms with Crippen molar-refractivity contribution in [1.29, 1.82) is 0 Å². The topological polar surface area (TPSA) is 25.8 Å². The lowest BCUT2D eigenvalue weighted by molar-refractivity contribution is 0.658. The van der Waals surface area contributed by atoms with E-state index in [0.29, 0.717) is 0 Å². The van der Waals surface area contributed by atoms with Gasteiger partial charge in [-0.05, 0) is 46.0 Å². The van der Waals surface area contributed by atoms with Gasteiger partial charge in [-0.2, -0.15) is 0 Å². The van der Waals surface area contributed by atoms with E-state index in [4.69, 9.17) is 9.97 Å². The van der Waals surface area contributed by atoms with Crippen LogP contribution in [-0.2, 0) is 5.41 Å². The lowest BCUT2D eigenvalue weighted by Gasteiger charge is -2.24.